The van der Waals surface area contributed by atoms with E-state index in [1.807, 2.05) is 74.5 Å². The molecule has 0 aliphatic carbocycles. The fourth-order valence-corrected chi connectivity index (χ4v) is 4.37. The van der Waals surface area contributed by atoms with Crippen LogP contribution < -0.4 is 10.1 Å². The Morgan fingerprint density at radius 1 is 1.00 bits per heavy atom. The summed E-state index contributed by atoms with van der Waals surface area (Å²) in [5.74, 6) is -0.200. The monoisotopic (exact) mass is 515 g/mol. The van der Waals surface area contributed by atoms with E-state index in [-0.39, 0.29) is 36.7 Å². The zero-order chi connectivity index (χ0) is 26.0. The molecule has 1 atom stereocenters. The first-order valence-corrected chi connectivity index (χ1v) is 12.9. The molecule has 4 aromatic rings. The van der Waals surface area contributed by atoms with E-state index in [4.69, 9.17) is 9.47 Å². The van der Waals surface area contributed by atoms with Crippen LogP contribution in [0.4, 0.5) is 5.13 Å². The molecule has 2 heterocycles. The summed E-state index contributed by atoms with van der Waals surface area (Å²) in [5, 5.41) is 3.29. The molecular weight excluding hydrogens is 486 g/mol. The van der Waals surface area contributed by atoms with Gasteiger partial charge in [-0.05, 0) is 25.0 Å². The highest BCUT2D eigenvalue weighted by Crippen LogP contribution is 2.21. The number of amides is 1. The van der Waals surface area contributed by atoms with Crippen LogP contribution >= 0.6 is 11.3 Å². The predicted molar refractivity (Wildman–Crippen MR) is 144 cm³/mol. The molecule has 0 aliphatic rings. The van der Waals surface area contributed by atoms with Crippen molar-refractivity contribution >= 4 is 28.3 Å². The van der Waals surface area contributed by atoms with E-state index in [2.05, 4.69) is 15.3 Å². The minimum absolute atomic E-state index is 0.133. The molecule has 7 nitrogen and oxygen atoms in total. The van der Waals surface area contributed by atoms with E-state index in [1.54, 1.807) is 18.3 Å². The van der Waals surface area contributed by atoms with E-state index >= 15 is 0 Å². The highest BCUT2D eigenvalue weighted by molar-refractivity contribution is 7.15. The van der Waals surface area contributed by atoms with Crippen molar-refractivity contribution in [2.24, 2.45) is 0 Å². The number of ether oxygens (including phenoxy) is 2. The average molecular weight is 516 g/mol. The van der Waals surface area contributed by atoms with Crippen LogP contribution in [-0.2, 0) is 29.0 Å². The van der Waals surface area contributed by atoms with Crippen molar-refractivity contribution in [2.45, 2.75) is 45.8 Å². The predicted octanol–water partition coefficient (Wildman–Crippen LogP) is 5.78. The van der Waals surface area contributed by atoms with Crippen molar-refractivity contribution in [1.82, 2.24) is 9.97 Å². The number of benzene rings is 2. The maximum Gasteiger partial charge on any atom is 0.306 e. The molecule has 8 heteroatoms. The lowest BCUT2D eigenvalue weighted by Gasteiger charge is -2.16. The average Bonchev–Trinajstić information content (AvgIpc) is 3.31. The van der Waals surface area contributed by atoms with Crippen molar-refractivity contribution in [2.75, 3.05) is 5.32 Å². The number of hydrogen-bond acceptors (Lipinski definition) is 7. The summed E-state index contributed by atoms with van der Waals surface area (Å²) >= 11 is 1.39. The molecule has 1 amide bonds. The number of pyridine rings is 1. The van der Waals surface area contributed by atoms with Gasteiger partial charge >= 0.3 is 5.97 Å². The number of nitrogens with one attached hydrogen (secondary N) is 1. The summed E-state index contributed by atoms with van der Waals surface area (Å²) in [4.78, 5) is 35.0. The third-order valence-corrected chi connectivity index (χ3v) is 6.29. The number of nitrogens with zero attached hydrogens (tertiary/aromatic N) is 2. The molecule has 2 aromatic heterocycles. The minimum atomic E-state index is -0.386. The Morgan fingerprint density at radius 3 is 2.38 bits per heavy atom. The second-order valence-electron chi connectivity index (χ2n) is 8.67. The van der Waals surface area contributed by atoms with Crippen molar-refractivity contribution < 1.29 is 19.1 Å². The molecule has 0 saturated heterocycles. The standard InChI is InChI=1S/C29H29N3O4S/c1-20(15-22-9-5-3-6-10-22)36-25-16-24(13-14-27(33)35-19-23-11-7-4-8-12-23)31-26(17-25)28(34)32-29-30-18-21(2)37-29/h3-12,16-18,20H,13-15,19H2,1-2H3,(H,30,32,34)/t20-/m0/s1. The number of hydrogen-bond donors (Lipinski definition) is 1. The topological polar surface area (TPSA) is 90.4 Å². The highest BCUT2D eigenvalue weighted by atomic mass is 32.1. The molecule has 0 aliphatic heterocycles. The van der Waals surface area contributed by atoms with Gasteiger partial charge in [0, 0.05) is 41.7 Å². The smallest absolute Gasteiger partial charge is 0.306 e. The number of thiazole rings is 1. The second-order valence-corrected chi connectivity index (χ2v) is 9.91. The van der Waals surface area contributed by atoms with Crippen LogP contribution in [0.25, 0.3) is 0 Å². The van der Waals surface area contributed by atoms with E-state index in [0.717, 1.165) is 16.0 Å². The van der Waals surface area contributed by atoms with Gasteiger partial charge in [-0.1, -0.05) is 60.7 Å². The molecule has 0 saturated carbocycles. The Balaban J connectivity index is 1.45. The van der Waals surface area contributed by atoms with Crippen LogP contribution in [0.2, 0.25) is 0 Å². The van der Waals surface area contributed by atoms with Crippen LogP contribution in [0.15, 0.2) is 79.0 Å². The van der Waals surface area contributed by atoms with E-state index in [0.29, 0.717) is 29.4 Å². The van der Waals surface area contributed by atoms with Gasteiger partial charge in [0.25, 0.3) is 5.91 Å². The Morgan fingerprint density at radius 2 is 1.70 bits per heavy atom. The van der Waals surface area contributed by atoms with Crippen molar-refractivity contribution in [3.63, 3.8) is 0 Å². The zero-order valence-corrected chi connectivity index (χ0v) is 21.7. The molecule has 4 rings (SSSR count). The van der Waals surface area contributed by atoms with Gasteiger partial charge in [-0.2, -0.15) is 0 Å². The van der Waals surface area contributed by atoms with Gasteiger partial charge < -0.3 is 9.47 Å². The number of aromatic nitrogens is 2. The first-order valence-electron chi connectivity index (χ1n) is 12.1. The Bertz CT molecular complexity index is 1330. The fraction of sp³-hybridized carbons (Fsp3) is 0.241. The molecule has 0 spiro atoms. The third kappa shape index (κ3) is 8.25. The summed E-state index contributed by atoms with van der Waals surface area (Å²) in [6, 6.07) is 23.0. The van der Waals surface area contributed by atoms with Crippen LogP contribution in [0, 0.1) is 6.92 Å². The number of anilines is 1. The Hall–Kier alpha value is -4.04. The summed E-state index contributed by atoms with van der Waals surface area (Å²) in [6.45, 7) is 4.11. The first kappa shape index (κ1) is 26.0. The minimum Gasteiger partial charge on any atom is -0.490 e. The van der Waals surface area contributed by atoms with Gasteiger partial charge in [0.2, 0.25) is 0 Å². The van der Waals surface area contributed by atoms with E-state index in [9.17, 15) is 9.59 Å². The lowest BCUT2D eigenvalue weighted by molar-refractivity contribution is -0.144. The number of carbonyl (C=O) groups is 2. The van der Waals surface area contributed by atoms with Crippen molar-refractivity contribution in [3.05, 3.63) is 106 Å². The van der Waals surface area contributed by atoms with Gasteiger partial charge in [0.15, 0.2) is 5.13 Å². The van der Waals surface area contributed by atoms with Crippen LogP contribution in [0.5, 0.6) is 5.75 Å². The lowest BCUT2D eigenvalue weighted by atomic mass is 10.1. The molecule has 190 valence electrons. The summed E-state index contributed by atoms with van der Waals surface area (Å²) in [7, 11) is 0. The van der Waals surface area contributed by atoms with Gasteiger partial charge in [-0.25, -0.2) is 9.97 Å². The second kappa shape index (κ2) is 12.8. The fourth-order valence-electron chi connectivity index (χ4n) is 3.71. The van der Waals surface area contributed by atoms with Gasteiger partial charge in [-0.15, -0.1) is 11.3 Å². The largest absolute Gasteiger partial charge is 0.490 e. The van der Waals surface area contributed by atoms with Gasteiger partial charge in [0.05, 0.1) is 12.5 Å². The third-order valence-electron chi connectivity index (χ3n) is 5.46. The normalized spacial score (nSPS) is 11.5. The van der Waals surface area contributed by atoms with E-state index < -0.39 is 0 Å². The Kier molecular flexibility index (Phi) is 8.99. The van der Waals surface area contributed by atoms with E-state index in [1.165, 1.54) is 11.3 Å². The van der Waals surface area contributed by atoms with Crippen LogP contribution in [-0.4, -0.2) is 27.9 Å². The Labute approximate surface area is 220 Å². The van der Waals surface area contributed by atoms with Crippen LogP contribution in [0.3, 0.4) is 0 Å². The molecule has 0 bridgehead atoms. The lowest BCUT2D eigenvalue weighted by Crippen LogP contribution is -2.18. The zero-order valence-electron chi connectivity index (χ0n) is 20.8. The summed E-state index contributed by atoms with van der Waals surface area (Å²) in [5.41, 5.74) is 2.85. The number of aryl methyl sites for hydroxylation is 2. The number of rotatable bonds is 11. The van der Waals surface area contributed by atoms with Crippen LogP contribution in [0.1, 0.15) is 45.5 Å². The molecule has 0 fully saturated rings. The molecule has 2 aromatic carbocycles. The molecular formula is C29H29N3O4S. The molecule has 0 radical (unpaired) electrons. The molecule has 1 N–H and O–H groups in total. The maximum absolute atomic E-state index is 12.9. The summed E-state index contributed by atoms with van der Waals surface area (Å²) < 4.78 is 11.6. The molecule has 0 unspecified atom stereocenters. The highest BCUT2D eigenvalue weighted by Gasteiger charge is 2.16. The number of carbonyl (C=O) groups excluding carboxylic acids is 2. The quantitative estimate of drug-likeness (QED) is 0.255. The van der Waals surface area contributed by atoms with Gasteiger partial charge in [-0.3, -0.25) is 14.9 Å². The van der Waals surface area contributed by atoms with Crippen molar-refractivity contribution in [1.29, 1.82) is 0 Å². The SMILES string of the molecule is Cc1cnc(NC(=O)c2cc(O[C@@H](C)Cc3ccccc3)cc(CCC(=O)OCc3ccccc3)n2)s1. The first-order chi connectivity index (χ1) is 17.9. The van der Waals surface area contributed by atoms with Crippen molar-refractivity contribution in [3.8, 4) is 5.75 Å². The maximum atomic E-state index is 12.9. The molecule has 37 heavy (non-hydrogen) atoms. The summed E-state index contributed by atoms with van der Waals surface area (Å²) in [6.07, 6.45) is 2.73. The van der Waals surface area contributed by atoms with Gasteiger partial charge in [0.1, 0.15) is 18.1 Å². The number of esters is 1.